The van der Waals surface area contributed by atoms with Crippen molar-refractivity contribution in [2.45, 2.75) is 18.9 Å². The maximum atomic E-state index is 11.2. The third kappa shape index (κ3) is 5.24. The molecular formula is C13H19NO2S. The van der Waals surface area contributed by atoms with Crippen LogP contribution in [0.1, 0.15) is 24.4 Å². The third-order valence-corrected chi connectivity index (χ3v) is 3.20. The average Bonchev–Trinajstić information content (AvgIpc) is 2.34. The highest BCUT2D eigenvalue weighted by Crippen LogP contribution is 2.12. The lowest BCUT2D eigenvalue weighted by Gasteiger charge is -2.14. The van der Waals surface area contributed by atoms with Crippen LogP contribution in [0.15, 0.2) is 30.3 Å². The summed E-state index contributed by atoms with van der Waals surface area (Å²) in [5, 5.41) is 12.2. The molecule has 0 aliphatic carbocycles. The molecule has 1 atom stereocenters. The number of rotatable bonds is 8. The van der Waals surface area contributed by atoms with Crippen molar-refractivity contribution in [1.29, 1.82) is 0 Å². The fraction of sp³-hybridized carbons (Fsp3) is 0.462. The zero-order valence-electron chi connectivity index (χ0n) is 10.1. The number of benzene rings is 1. The molecule has 0 aromatic heterocycles. The van der Waals surface area contributed by atoms with Crippen LogP contribution in [0, 0.1) is 0 Å². The van der Waals surface area contributed by atoms with E-state index in [1.807, 2.05) is 42.1 Å². The molecule has 0 saturated heterocycles. The molecule has 2 N–H and O–H groups in total. The molecule has 0 amide bonds. The van der Waals surface area contributed by atoms with Crippen molar-refractivity contribution >= 4 is 17.7 Å². The fourth-order valence-corrected chi connectivity index (χ4v) is 2.10. The van der Waals surface area contributed by atoms with Crippen molar-refractivity contribution in [3.63, 3.8) is 0 Å². The molecule has 0 fully saturated rings. The van der Waals surface area contributed by atoms with Crippen molar-refractivity contribution in [3.05, 3.63) is 35.9 Å². The summed E-state index contributed by atoms with van der Waals surface area (Å²) >= 11 is 1.82. The quantitative estimate of drug-likeness (QED) is 0.699. The first-order valence-corrected chi connectivity index (χ1v) is 7.15. The van der Waals surface area contributed by atoms with E-state index >= 15 is 0 Å². The Morgan fingerprint density at radius 3 is 2.65 bits per heavy atom. The highest BCUT2D eigenvalue weighted by Gasteiger charge is 2.17. The number of carboxylic acids is 1. The van der Waals surface area contributed by atoms with Gasteiger partial charge in [-0.15, -0.1) is 0 Å². The van der Waals surface area contributed by atoms with Gasteiger partial charge < -0.3 is 10.4 Å². The van der Waals surface area contributed by atoms with Gasteiger partial charge in [0.2, 0.25) is 0 Å². The summed E-state index contributed by atoms with van der Waals surface area (Å²) < 4.78 is 0. The molecule has 4 heteroatoms. The van der Waals surface area contributed by atoms with Crippen LogP contribution in [-0.2, 0) is 4.79 Å². The number of hydrogen-bond acceptors (Lipinski definition) is 3. The molecule has 0 heterocycles. The Labute approximate surface area is 107 Å². The van der Waals surface area contributed by atoms with E-state index < -0.39 is 12.0 Å². The number of nitrogens with one attached hydrogen (secondary N) is 1. The minimum atomic E-state index is -0.818. The zero-order valence-corrected chi connectivity index (χ0v) is 10.9. The Hall–Kier alpha value is -1.00. The standard InChI is InChI=1S/C13H19NO2S/c1-17-10-6-5-9-14-12(13(15)16)11-7-3-2-4-8-11/h2-4,7-8,12,14H,5-6,9-10H2,1H3,(H,15,16). The van der Waals surface area contributed by atoms with E-state index in [0.29, 0.717) is 0 Å². The summed E-state index contributed by atoms with van der Waals surface area (Å²) in [6, 6.07) is 8.70. The van der Waals surface area contributed by atoms with Gasteiger partial charge in [-0.3, -0.25) is 4.79 Å². The lowest BCUT2D eigenvalue weighted by molar-refractivity contribution is -0.139. The highest BCUT2D eigenvalue weighted by molar-refractivity contribution is 7.98. The second kappa shape index (κ2) is 8.14. The summed E-state index contributed by atoms with van der Waals surface area (Å²) in [5.41, 5.74) is 0.810. The van der Waals surface area contributed by atoms with Crippen molar-refractivity contribution < 1.29 is 9.90 Å². The first-order valence-electron chi connectivity index (χ1n) is 5.75. The first kappa shape index (κ1) is 14.1. The van der Waals surface area contributed by atoms with Crippen molar-refractivity contribution in [2.75, 3.05) is 18.6 Å². The molecular weight excluding hydrogens is 234 g/mol. The molecule has 0 saturated carbocycles. The van der Waals surface area contributed by atoms with E-state index in [-0.39, 0.29) is 0 Å². The molecule has 0 aliphatic heterocycles. The van der Waals surface area contributed by atoms with Crippen molar-refractivity contribution in [1.82, 2.24) is 5.32 Å². The summed E-state index contributed by atoms with van der Waals surface area (Å²) in [6.45, 7) is 0.742. The Kier molecular flexibility index (Phi) is 6.74. The SMILES string of the molecule is CSCCCCNC(C(=O)O)c1ccccc1. The van der Waals surface area contributed by atoms with E-state index in [1.165, 1.54) is 0 Å². The smallest absolute Gasteiger partial charge is 0.325 e. The predicted molar refractivity (Wildman–Crippen MR) is 72.4 cm³/mol. The minimum absolute atomic E-state index is 0.592. The number of carboxylic acid groups (broad SMARTS) is 1. The number of unbranched alkanes of at least 4 members (excludes halogenated alkanes) is 1. The average molecular weight is 253 g/mol. The maximum absolute atomic E-state index is 11.2. The molecule has 1 aromatic carbocycles. The van der Waals surface area contributed by atoms with Crippen molar-refractivity contribution in [3.8, 4) is 0 Å². The number of aliphatic carboxylic acids is 1. The van der Waals surface area contributed by atoms with Gasteiger partial charge in [0.15, 0.2) is 0 Å². The van der Waals surface area contributed by atoms with Crippen LogP contribution in [0.2, 0.25) is 0 Å². The van der Waals surface area contributed by atoms with Gasteiger partial charge in [0.1, 0.15) is 6.04 Å². The van der Waals surface area contributed by atoms with Crippen LogP contribution in [0.3, 0.4) is 0 Å². The molecule has 1 rings (SSSR count). The Morgan fingerprint density at radius 2 is 2.06 bits per heavy atom. The van der Waals surface area contributed by atoms with Gasteiger partial charge in [-0.05, 0) is 37.0 Å². The number of carbonyl (C=O) groups is 1. The summed E-state index contributed by atoms with van der Waals surface area (Å²) in [6.07, 6.45) is 4.21. The van der Waals surface area contributed by atoms with E-state index in [2.05, 4.69) is 11.6 Å². The maximum Gasteiger partial charge on any atom is 0.325 e. The van der Waals surface area contributed by atoms with Crippen LogP contribution in [-0.4, -0.2) is 29.6 Å². The lowest BCUT2D eigenvalue weighted by Crippen LogP contribution is -2.29. The second-order valence-electron chi connectivity index (χ2n) is 3.84. The Balaban J connectivity index is 2.42. The minimum Gasteiger partial charge on any atom is -0.480 e. The number of thioether (sulfide) groups is 1. The third-order valence-electron chi connectivity index (χ3n) is 2.50. The molecule has 94 valence electrons. The largest absolute Gasteiger partial charge is 0.480 e. The molecule has 1 unspecified atom stereocenters. The van der Waals surface area contributed by atoms with Crippen LogP contribution >= 0.6 is 11.8 Å². The second-order valence-corrected chi connectivity index (χ2v) is 4.82. The first-order chi connectivity index (χ1) is 8.25. The summed E-state index contributed by atoms with van der Waals surface area (Å²) in [5.74, 6) is 0.311. The van der Waals surface area contributed by atoms with E-state index in [4.69, 9.17) is 5.11 Å². The van der Waals surface area contributed by atoms with Gasteiger partial charge >= 0.3 is 5.97 Å². The van der Waals surface area contributed by atoms with Gasteiger partial charge in [-0.1, -0.05) is 30.3 Å². The zero-order chi connectivity index (χ0) is 12.5. The van der Waals surface area contributed by atoms with Gasteiger partial charge in [0.05, 0.1) is 0 Å². The molecule has 0 bridgehead atoms. The van der Waals surface area contributed by atoms with E-state index in [0.717, 1.165) is 30.7 Å². The molecule has 0 spiro atoms. The Morgan fingerprint density at radius 1 is 1.35 bits per heavy atom. The molecule has 1 aromatic rings. The molecule has 0 radical (unpaired) electrons. The normalized spacial score (nSPS) is 12.3. The fourth-order valence-electron chi connectivity index (χ4n) is 1.61. The Bertz CT molecular complexity index is 329. The van der Waals surface area contributed by atoms with Gasteiger partial charge in [-0.2, -0.15) is 11.8 Å². The predicted octanol–water partition coefficient (Wildman–Crippen LogP) is 2.55. The van der Waals surface area contributed by atoms with Gasteiger partial charge in [0, 0.05) is 0 Å². The van der Waals surface area contributed by atoms with Gasteiger partial charge in [-0.25, -0.2) is 0 Å². The lowest BCUT2D eigenvalue weighted by atomic mass is 10.1. The van der Waals surface area contributed by atoms with Crippen LogP contribution in [0.25, 0.3) is 0 Å². The highest BCUT2D eigenvalue weighted by atomic mass is 32.2. The number of hydrogen-bond donors (Lipinski definition) is 2. The summed E-state index contributed by atoms with van der Waals surface area (Å²) in [7, 11) is 0. The summed E-state index contributed by atoms with van der Waals surface area (Å²) in [4.78, 5) is 11.2. The van der Waals surface area contributed by atoms with Crippen LogP contribution in [0.5, 0.6) is 0 Å². The van der Waals surface area contributed by atoms with E-state index in [1.54, 1.807) is 0 Å². The van der Waals surface area contributed by atoms with Crippen LogP contribution in [0.4, 0.5) is 0 Å². The molecule has 0 aliphatic rings. The van der Waals surface area contributed by atoms with Crippen molar-refractivity contribution in [2.24, 2.45) is 0 Å². The van der Waals surface area contributed by atoms with E-state index in [9.17, 15) is 4.79 Å². The topological polar surface area (TPSA) is 49.3 Å². The monoisotopic (exact) mass is 253 g/mol. The molecule has 17 heavy (non-hydrogen) atoms. The van der Waals surface area contributed by atoms with Gasteiger partial charge in [0.25, 0.3) is 0 Å². The van der Waals surface area contributed by atoms with Crippen LogP contribution < -0.4 is 5.32 Å². The molecule has 3 nitrogen and oxygen atoms in total.